The fourth-order valence-corrected chi connectivity index (χ4v) is 2.61. The Morgan fingerprint density at radius 2 is 1.80 bits per heavy atom. The number of para-hydroxylation sites is 1. The van der Waals surface area contributed by atoms with E-state index in [1.807, 2.05) is 67.6 Å². The lowest BCUT2D eigenvalue weighted by Gasteiger charge is -2.09. The Labute approximate surface area is 146 Å². The van der Waals surface area contributed by atoms with Crippen molar-refractivity contribution in [1.82, 2.24) is 5.43 Å². The Balaban J connectivity index is 1.77. The number of hydrogen-bond acceptors (Lipinski definition) is 3. The molecule has 0 heterocycles. The maximum Gasteiger partial charge on any atom is 0.339 e. The fourth-order valence-electron chi connectivity index (χ4n) is 2.61. The minimum absolute atomic E-state index is 0.398. The summed E-state index contributed by atoms with van der Waals surface area (Å²) in [6.07, 6.45) is 1.60. The van der Waals surface area contributed by atoms with Gasteiger partial charge in [0.1, 0.15) is 5.75 Å². The molecule has 0 aromatic heterocycles. The van der Waals surface area contributed by atoms with Crippen molar-refractivity contribution in [2.24, 2.45) is 5.10 Å². The number of fused-ring (bicyclic) bond motifs is 1. The molecule has 5 nitrogen and oxygen atoms in total. The van der Waals surface area contributed by atoms with Crippen molar-refractivity contribution < 1.29 is 9.53 Å². The van der Waals surface area contributed by atoms with E-state index in [0.29, 0.717) is 5.75 Å². The topological polar surface area (TPSA) is 62.7 Å². The number of hydrazone groups is 1. The fraction of sp³-hybridized carbons (Fsp3) is 0.100. The van der Waals surface area contributed by atoms with Crippen molar-refractivity contribution in [1.29, 1.82) is 0 Å². The van der Waals surface area contributed by atoms with Crippen LogP contribution in [0.1, 0.15) is 11.1 Å². The monoisotopic (exact) mass is 333 g/mol. The number of rotatable bonds is 4. The van der Waals surface area contributed by atoms with E-state index in [2.05, 4.69) is 15.8 Å². The zero-order chi connectivity index (χ0) is 17.6. The van der Waals surface area contributed by atoms with Gasteiger partial charge in [0.15, 0.2) is 0 Å². The van der Waals surface area contributed by atoms with Crippen molar-refractivity contribution >= 4 is 28.7 Å². The predicted molar refractivity (Wildman–Crippen MR) is 101 cm³/mol. The Hall–Kier alpha value is -3.34. The molecule has 3 aromatic rings. The Morgan fingerprint density at radius 1 is 1.04 bits per heavy atom. The molecule has 126 valence electrons. The highest BCUT2D eigenvalue weighted by Crippen LogP contribution is 2.26. The molecule has 0 radical (unpaired) electrons. The second-order valence-corrected chi connectivity index (χ2v) is 5.54. The van der Waals surface area contributed by atoms with Gasteiger partial charge in [0.25, 0.3) is 0 Å². The van der Waals surface area contributed by atoms with Crippen LogP contribution in [0.3, 0.4) is 0 Å². The summed E-state index contributed by atoms with van der Waals surface area (Å²) >= 11 is 0. The average molecular weight is 333 g/mol. The lowest BCUT2D eigenvalue weighted by Crippen LogP contribution is -2.24. The van der Waals surface area contributed by atoms with Crippen LogP contribution in [0.5, 0.6) is 5.75 Å². The normalized spacial score (nSPS) is 10.8. The zero-order valence-electron chi connectivity index (χ0n) is 14.1. The van der Waals surface area contributed by atoms with Crippen LogP contribution in [0.15, 0.2) is 65.8 Å². The summed E-state index contributed by atoms with van der Waals surface area (Å²) in [5, 5.41) is 8.91. The molecule has 0 atom stereocenters. The molecule has 0 unspecified atom stereocenters. The Morgan fingerprint density at radius 3 is 2.60 bits per heavy atom. The minimum atomic E-state index is -0.398. The molecule has 2 N–H and O–H groups in total. The van der Waals surface area contributed by atoms with Crippen LogP contribution in [0.4, 0.5) is 10.5 Å². The van der Waals surface area contributed by atoms with Gasteiger partial charge < -0.3 is 10.1 Å². The minimum Gasteiger partial charge on any atom is -0.496 e. The van der Waals surface area contributed by atoms with Crippen molar-refractivity contribution in [2.45, 2.75) is 6.92 Å². The highest BCUT2D eigenvalue weighted by Gasteiger charge is 2.06. The van der Waals surface area contributed by atoms with Gasteiger partial charge in [0, 0.05) is 11.3 Å². The van der Waals surface area contributed by atoms with Gasteiger partial charge in [0.2, 0.25) is 0 Å². The van der Waals surface area contributed by atoms with Crippen LogP contribution in [0.2, 0.25) is 0 Å². The Kier molecular flexibility index (Phi) is 4.95. The van der Waals surface area contributed by atoms with Gasteiger partial charge in [-0.1, -0.05) is 48.5 Å². The molecule has 0 fully saturated rings. The third-order valence-electron chi connectivity index (χ3n) is 3.90. The number of nitrogens with one attached hydrogen (secondary N) is 2. The third-order valence-corrected chi connectivity index (χ3v) is 3.90. The van der Waals surface area contributed by atoms with E-state index in [-0.39, 0.29) is 0 Å². The van der Waals surface area contributed by atoms with E-state index in [1.165, 1.54) is 0 Å². The van der Waals surface area contributed by atoms with Crippen LogP contribution in [-0.4, -0.2) is 19.4 Å². The van der Waals surface area contributed by atoms with Crippen molar-refractivity contribution in [2.75, 3.05) is 12.4 Å². The molecule has 5 heteroatoms. The molecule has 0 bridgehead atoms. The summed E-state index contributed by atoms with van der Waals surface area (Å²) in [6, 6.07) is 19.0. The molecular formula is C20H19N3O2. The maximum absolute atomic E-state index is 12.0. The molecule has 25 heavy (non-hydrogen) atoms. The first-order valence-electron chi connectivity index (χ1n) is 7.90. The molecule has 3 rings (SSSR count). The number of methoxy groups -OCH3 is 1. The molecule has 0 aliphatic rings. The summed E-state index contributed by atoms with van der Waals surface area (Å²) in [6.45, 7) is 1.93. The van der Waals surface area contributed by atoms with Crippen LogP contribution >= 0.6 is 0 Å². The highest BCUT2D eigenvalue weighted by atomic mass is 16.5. The zero-order valence-corrected chi connectivity index (χ0v) is 14.1. The second-order valence-electron chi connectivity index (χ2n) is 5.54. The first-order chi connectivity index (χ1) is 12.2. The van der Waals surface area contributed by atoms with Gasteiger partial charge in [-0.2, -0.15) is 5.10 Å². The van der Waals surface area contributed by atoms with Crippen molar-refractivity contribution in [3.8, 4) is 5.75 Å². The van der Waals surface area contributed by atoms with Crippen molar-refractivity contribution in [3.05, 3.63) is 71.8 Å². The molecule has 0 saturated carbocycles. The number of urea groups is 1. The number of hydrogen-bond donors (Lipinski definition) is 2. The Bertz CT molecular complexity index is 935. The number of ether oxygens (including phenoxy) is 1. The maximum atomic E-state index is 12.0. The van der Waals surface area contributed by atoms with E-state index in [1.54, 1.807) is 13.3 Å². The van der Waals surface area contributed by atoms with Gasteiger partial charge in [-0.3, -0.25) is 0 Å². The van der Waals surface area contributed by atoms with E-state index < -0.39 is 6.03 Å². The lowest BCUT2D eigenvalue weighted by molar-refractivity contribution is 0.252. The van der Waals surface area contributed by atoms with Gasteiger partial charge in [0.05, 0.1) is 13.3 Å². The first kappa shape index (κ1) is 16.5. The third kappa shape index (κ3) is 3.77. The van der Waals surface area contributed by atoms with E-state index in [4.69, 9.17) is 4.74 Å². The second kappa shape index (κ2) is 7.49. The van der Waals surface area contributed by atoms with Gasteiger partial charge in [-0.05, 0) is 35.4 Å². The van der Waals surface area contributed by atoms with Crippen LogP contribution in [0.25, 0.3) is 10.8 Å². The van der Waals surface area contributed by atoms with Gasteiger partial charge >= 0.3 is 6.03 Å². The molecule has 0 aliphatic heterocycles. The molecule has 3 aromatic carbocycles. The number of aryl methyl sites for hydroxylation is 1. The number of benzene rings is 3. The van der Waals surface area contributed by atoms with Gasteiger partial charge in [-0.15, -0.1) is 0 Å². The SMILES string of the molecule is COc1ccc2ccccc2c1C=NNC(=O)Nc1ccccc1C. The summed E-state index contributed by atoms with van der Waals surface area (Å²) < 4.78 is 5.40. The number of amides is 2. The number of carbonyl (C=O) groups is 1. The highest BCUT2D eigenvalue weighted by molar-refractivity contribution is 6.03. The number of carbonyl (C=O) groups excluding carboxylic acids is 1. The van der Waals surface area contributed by atoms with Crippen LogP contribution in [0, 0.1) is 6.92 Å². The number of anilines is 1. The molecule has 0 saturated heterocycles. The van der Waals surface area contributed by atoms with Crippen molar-refractivity contribution in [3.63, 3.8) is 0 Å². The number of nitrogens with zero attached hydrogens (tertiary/aromatic N) is 1. The lowest BCUT2D eigenvalue weighted by atomic mass is 10.0. The van der Waals surface area contributed by atoms with Crippen LogP contribution in [-0.2, 0) is 0 Å². The summed E-state index contributed by atoms with van der Waals surface area (Å²) in [4.78, 5) is 12.0. The quantitative estimate of drug-likeness (QED) is 0.552. The smallest absolute Gasteiger partial charge is 0.339 e. The standard InChI is InChI=1S/C20H19N3O2/c1-14-7-3-6-10-18(14)22-20(24)23-21-13-17-16-9-5-4-8-15(16)11-12-19(17)25-2/h3-13H,1-2H3,(H2,22,23,24). The molecule has 0 aliphatic carbocycles. The summed E-state index contributed by atoms with van der Waals surface area (Å²) in [5.41, 5.74) is 5.03. The van der Waals surface area contributed by atoms with E-state index >= 15 is 0 Å². The van der Waals surface area contributed by atoms with Gasteiger partial charge in [-0.25, -0.2) is 10.2 Å². The molecule has 0 spiro atoms. The van der Waals surface area contributed by atoms with Crippen LogP contribution < -0.4 is 15.5 Å². The summed E-state index contributed by atoms with van der Waals surface area (Å²) in [7, 11) is 1.61. The predicted octanol–water partition coefficient (Wildman–Crippen LogP) is 4.31. The summed E-state index contributed by atoms with van der Waals surface area (Å²) in [5.74, 6) is 0.698. The largest absolute Gasteiger partial charge is 0.496 e. The molecular weight excluding hydrogens is 314 g/mol. The first-order valence-corrected chi connectivity index (χ1v) is 7.90. The average Bonchev–Trinajstić information content (AvgIpc) is 2.63. The molecule has 2 amide bonds. The van der Waals surface area contributed by atoms with E-state index in [0.717, 1.165) is 27.6 Å². The van der Waals surface area contributed by atoms with E-state index in [9.17, 15) is 4.79 Å².